The van der Waals surface area contributed by atoms with Crippen molar-refractivity contribution in [3.8, 4) is 0 Å². The summed E-state index contributed by atoms with van der Waals surface area (Å²) < 4.78 is 27.3. The largest absolute Gasteiger partial charge is 0.316 e. The first-order chi connectivity index (χ1) is 9.56. The fourth-order valence-electron chi connectivity index (χ4n) is 2.05. The van der Waals surface area contributed by atoms with Crippen LogP contribution >= 0.6 is 12.4 Å². The summed E-state index contributed by atoms with van der Waals surface area (Å²) in [5, 5.41) is 3.74. The highest BCUT2D eigenvalue weighted by molar-refractivity contribution is 7.89. The van der Waals surface area contributed by atoms with Gasteiger partial charge >= 0.3 is 0 Å². The summed E-state index contributed by atoms with van der Waals surface area (Å²) >= 11 is 0. The number of fused-ring (bicyclic) bond motifs is 1. The standard InChI is InChI=1S/C14H19N3O2S.ClH/c1-3-15-9-10-17-20(18,19)13-7-6-11(2)14-12(13)5-4-8-16-14;/h4-8,15,17H,3,9-10H2,1-2H3;1H. The summed E-state index contributed by atoms with van der Waals surface area (Å²) in [6.45, 7) is 5.70. The topological polar surface area (TPSA) is 71.1 Å². The molecule has 0 saturated heterocycles. The molecular weight excluding hydrogens is 310 g/mol. The molecule has 1 aromatic heterocycles. The molecule has 116 valence electrons. The lowest BCUT2D eigenvalue weighted by molar-refractivity contribution is 0.578. The van der Waals surface area contributed by atoms with Gasteiger partial charge in [0, 0.05) is 24.7 Å². The molecule has 2 aromatic rings. The third-order valence-corrected chi connectivity index (χ3v) is 4.58. The minimum absolute atomic E-state index is 0. The molecule has 0 unspecified atom stereocenters. The second kappa shape index (κ2) is 7.70. The van der Waals surface area contributed by atoms with Crippen LogP contribution in [0.2, 0.25) is 0 Å². The minimum Gasteiger partial charge on any atom is -0.316 e. The summed E-state index contributed by atoms with van der Waals surface area (Å²) in [6, 6.07) is 6.96. The molecule has 0 amide bonds. The van der Waals surface area contributed by atoms with Gasteiger partial charge in [0.05, 0.1) is 10.4 Å². The van der Waals surface area contributed by atoms with E-state index in [4.69, 9.17) is 0 Å². The van der Waals surface area contributed by atoms with Crippen molar-refractivity contribution >= 4 is 33.3 Å². The molecule has 0 atom stereocenters. The first-order valence-electron chi connectivity index (χ1n) is 6.61. The van der Waals surface area contributed by atoms with Gasteiger partial charge in [0.2, 0.25) is 10.0 Å². The van der Waals surface area contributed by atoms with E-state index in [2.05, 4.69) is 15.0 Å². The molecule has 0 spiro atoms. The van der Waals surface area contributed by atoms with Crippen LogP contribution in [0.1, 0.15) is 12.5 Å². The summed E-state index contributed by atoms with van der Waals surface area (Å²) in [5.74, 6) is 0. The van der Waals surface area contributed by atoms with Crippen LogP contribution in [0.25, 0.3) is 10.9 Å². The number of benzene rings is 1. The zero-order valence-corrected chi connectivity index (χ0v) is 13.7. The van der Waals surface area contributed by atoms with E-state index in [0.717, 1.165) is 17.6 Å². The molecule has 0 aliphatic rings. The molecule has 1 heterocycles. The van der Waals surface area contributed by atoms with Crippen LogP contribution in [-0.4, -0.2) is 33.0 Å². The van der Waals surface area contributed by atoms with E-state index in [1.807, 2.05) is 13.8 Å². The molecule has 7 heteroatoms. The minimum atomic E-state index is -3.51. The average Bonchev–Trinajstić information content (AvgIpc) is 2.44. The van der Waals surface area contributed by atoms with Crippen LogP contribution in [0.3, 0.4) is 0 Å². The molecule has 2 N–H and O–H groups in total. The predicted octanol–water partition coefficient (Wildman–Crippen LogP) is 1.85. The molecule has 0 aliphatic carbocycles. The number of aromatic nitrogens is 1. The second-order valence-corrected chi connectivity index (χ2v) is 6.27. The van der Waals surface area contributed by atoms with Crippen molar-refractivity contribution in [3.05, 3.63) is 36.0 Å². The Morgan fingerprint density at radius 1 is 1.19 bits per heavy atom. The lowest BCUT2D eigenvalue weighted by atomic mass is 10.1. The van der Waals surface area contributed by atoms with Gasteiger partial charge in [-0.3, -0.25) is 4.98 Å². The quantitative estimate of drug-likeness (QED) is 0.793. The van der Waals surface area contributed by atoms with E-state index in [9.17, 15) is 8.42 Å². The number of halogens is 1. The van der Waals surface area contributed by atoms with Crippen molar-refractivity contribution in [2.45, 2.75) is 18.7 Å². The maximum absolute atomic E-state index is 12.4. The normalized spacial score (nSPS) is 11.3. The highest BCUT2D eigenvalue weighted by Gasteiger charge is 2.17. The number of rotatable bonds is 6. The van der Waals surface area contributed by atoms with E-state index in [-0.39, 0.29) is 17.3 Å². The smallest absolute Gasteiger partial charge is 0.241 e. The Bertz CT molecular complexity index is 704. The van der Waals surface area contributed by atoms with Gasteiger partial charge in [-0.25, -0.2) is 13.1 Å². The van der Waals surface area contributed by atoms with Crippen LogP contribution in [0.15, 0.2) is 35.4 Å². The molecule has 0 aliphatic heterocycles. The van der Waals surface area contributed by atoms with E-state index >= 15 is 0 Å². The summed E-state index contributed by atoms with van der Waals surface area (Å²) in [5.41, 5.74) is 1.69. The van der Waals surface area contributed by atoms with Gasteiger partial charge in [-0.05, 0) is 37.2 Å². The Balaban J connectivity index is 0.00000220. The van der Waals surface area contributed by atoms with Gasteiger partial charge in [0.1, 0.15) is 0 Å². The molecule has 1 aromatic carbocycles. The van der Waals surface area contributed by atoms with Gasteiger partial charge in [0.15, 0.2) is 0 Å². The molecule has 0 saturated carbocycles. The van der Waals surface area contributed by atoms with Gasteiger partial charge < -0.3 is 5.32 Å². The van der Waals surface area contributed by atoms with Crippen LogP contribution in [0.5, 0.6) is 0 Å². The maximum Gasteiger partial charge on any atom is 0.241 e. The van der Waals surface area contributed by atoms with Gasteiger partial charge in [-0.1, -0.05) is 13.0 Å². The molecule has 5 nitrogen and oxygen atoms in total. The van der Waals surface area contributed by atoms with Crippen LogP contribution in [-0.2, 0) is 10.0 Å². The zero-order valence-electron chi connectivity index (χ0n) is 12.1. The van der Waals surface area contributed by atoms with Gasteiger partial charge in [-0.15, -0.1) is 12.4 Å². The predicted molar refractivity (Wildman–Crippen MR) is 87.5 cm³/mol. The first kappa shape index (κ1) is 17.8. The fourth-order valence-corrected chi connectivity index (χ4v) is 3.28. The first-order valence-corrected chi connectivity index (χ1v) is 8.09. The Morgan fingerprint density at radius 3 is 2.67 bits per heavy atom. The Labute approximate surface area is 131 Å². The number of nitrogens with one attached hydrogen (secondary N) is 2. The second-order valence-electron chi connectivity index (χ2n) is 4.53. The summed E-state index contributed by atoms with van der Waals surface area (Å²) in [6.07, 6.45) is 1.67. The van der Waals surface area contributed by atoms with Gasteiger partial charge in [0.25, 0.3) is 0 Å². The summed E-state index contributed by atoms with van der Waals surface area (Å²) in [7, 11) is -3.51. The third kappa shape index (κ3) is 4.14. The Kier molecular flexibility index (Phi) is 6.54. The molecule has 0 bridgehead atoms. The highest BCUT2D eigenvalue weighted by atomic mass is 35.5. The molecule has 21 heavy (non-hydrogen) atoms. The van der Waals surface area contributed by atoms with Crippen molar-refractivity contribution in [2.75, 3.05) is 19.6 Å². The van der Waals surface area contributed by atoms with Crippen LogP contribution < -0.4 is 10.0 Å². The number of nitrogens with zero attached hydrogens (tertiary/aromatic N) is 1. The zero-order chi connectivity index (χ0) is 14.6. The Morgan fingerprint density at radius 2 is 1.95 bits per heavy atom. The van der Waals surface area contributed by atoms with Crippen molar-refractivity contribution < 1.29 is 8.42 Å². The lowest BCUT2D eigenvalue weighted by Crippen LogP contribution is -2.31. The van der Waals surface area contributed by atoms with Crippen LogP contribution in [0, 0.1) is 6.92 Å². The van der Waals surface area contributed by atoms with Crippen LogP contribution in [0.4, 0.5) is 0 Å². The van der Waals surface area contributed by atoms with E-state index < -0.39 is 10.0 Å². The van der Waals surface area contributed by atoms with Gasteiger partial charge in [-0.2, -0.15) is 0 Å². The lowest BCUT2D eigenvalue weighted by Gasteiger charge is -2.10. The monoisotopic (exact) mass is 329 g/mol. The van der Waals surface area contributed by atoms with Crippen molar-refractivity contribution in [2.24, 2.45) is 0 Å². The SMILES string of the molecule is CCNCCNS(=O)(=O)c1ccc(C)c2ncccc12.Cl. The van der Waals surface area contributed by atoms with Crippen molar-refractivity contribution in [3.63, 3.8) is 0 Å². The maximum atomic E-state index is 12.4. The summed E-state index contributed by atoms with van der Waals surface area (Å²) in [4.78, 5) is 4.54. The van der Waals surface area contributed by atoms with Crippen molar-refractivity contribution in [1.82, 2.24) is 15.0 Å². The number of likely N-dealkylation sites (N-methyl/N-ethyl adjacent to an activating group) is 1. The number of hydrogen-bond donors (Lipinski definition) is 2. The molecule has 0 fully saturated rings. The fraction of sp³-hybridized carbons (Fsp3) is 0.357. The molecule has 0 radical (unpaired) electrons. The van der Waals surface area contributed by atoms with Crippen molar-refractivity contribution in [1.29, 1.82) is 0 Å². The number of hydrogen-bond acceptors (Lipinski definition) is 4. The number of aryl methyl sites for hydroxylation is 1. The number of sulfonamides is 1. The Hall–Kier alpha value is -1.21. The van der Waals surface area contributed by atoms with E-state index in [1.54, 1.807) is 30.5 Å². The third-order valence-electron chi connectivity index (χ3n) is 3.06. The number of pyridine rings is 1. The molecule has 2 rings (SSSR count). The average molecular weight is 330 g/mol. The highest BCUT2D eigenvalue weighted by Crippen LogP contribution is 2.23. The molecular formula is C14H20ClN3O2S. The van der Waals surface area contributed by atoms with E-state index in [0.29, 0.717) is 18.5 Å². The van der Waals surface area contributed by atoms with E-state index in [1.165, 1.54) is 0 Å².